The molecule has 0 radical (unpaired) electrons. The van der Waals surface area contributed by atoms with Crippen molar-refractivity contribution in [1.82, 2.24) is 9.80 Å². The highest BCUT2D eigenvalue weighted by Crippen LogP contribution is 2.24. The van der Waals surface area contributed by atoms with Crippen molar-refractivity contribution in [2.75, 3.05) is 32.8 Å². The minimum absolute atomic E-state index is 0.0261. The topological polar surface area (TPSA) is 32.8 Å². The van der Waals surface area contributed by atoms with E-state index in [1.54, 1.807) is 6.07 Å². The van der Waals surface area contributed by atoms with Gasteiger partial charge in [0.25, 0.3) is 5.91 Å². The third-order valence-electron chi connectivity index (χ3n) is 4.49. The molecular formula is C20H22Cl2N2O2. The number of carbonyl (C=O) groups excluding carboxylic acids is 1. The SMILES string of the molecule is CCOc1ccccc1C(=O)N1CCN(Cc2ccc(Cl)cc2Cl)CC1. The number of ether oxygens (including phenoxy) is 1. The number of benzene rings is 2. The first-order chi connectivity index (χ1) is 12.6. The van der Waals surface area contributed by atoms with Gasteiger partial charge in [0.1, 0.15) is 5.75 Å². The summed E-state index contributed by atoms with van der Waals surface area (Å²) >= 11 is 12.2. The van der Waals surface area contributed by atoms with E-state index >= 15 is 0 Å². The number of rotatable bonds is 5. The number of piperazine rings is 1. The smallest absolute Gasteiger partial charge is 0.257 e. The van der Waals surface area contributed by atoms with Gasteiger partial charge < -0.3 is 9.64 Å². The molecule has 0 saturated carbocycles. The van der Waals surface area contributed by atoms with Crippen LogP contribution in [0.3, 0.4) is 0 Å². The van der Waals surface area contributed by atoms with E-state index in [0.717, 1.165) is 25.2 Å². The van der Waals surface area contributed by atoms with Crippen LogP contribution in [0.1, 0.15) is 22.8 Å². The molecule has 0 N–H and O–H groups in total. The van der Waals surface area contributed by atoms with Gasteiger partial charge in [-0.15, -0.1) is 0 Å². The lowest BCUT2D eigenvalue weighted by molar-refractivity contribution is 0.0624. The van der Waals surface area contributed by atoms with Gasteiger partial charge >= 0.3 is 0 Å². The number of halogens is 2. The van der Waals surface area contributed by atoms with Crippen molar-refractivity contribution >= 4 is 29.1 Å². The Balaban J connectivity index is 1.60. The molecule has 0 unspecified atom stereocenters. The molecule has 2 aromatic carbocycles. The normalized spacial score (nSPS) is 15.1. The Morgan fingerprint density at radius 3 is 2.50 bits per heavy atom. The molecule has 1 saturated heterocycles. The van der Waals surface area contributed by atoms with E-state index in [-0.39, 0.29) is 5.91 Å². The molecule has 1 aliphatic rings. The monoisotopic (exact) mass is 392 g/mol. The third-order valence-corrected chi connectivity index (χ3v) is 5.07. The standard InChI is InChI=1S/C20H22Cl2N2O2/c1-2-26-19-6-4-3-5-17(19)20(25)24-11-9-23(10-12-24)14-15-7-8-16(21)13-18(15)22/h3-8,13H,2,9-12,14H2,1H3. The average Bonchev–Trinajstić information content (AvgIpc) is 2.65. The highest BCUT2D eigenvalue weighted by atomic mass is 35.5. The number of para-hydroxylation sites is 1. The molecule has 0 atom stereocenters. The van der Waals surface area contributed by atoms with Crippen LogP contribution in [0.25, 0.3) is 0 Å². The first-order valence-electron chi connectivity index (χ1n) is 8.76. The molecule has 138 valence electrons. The number of amides is 1. The van der Waals surface area contributed by atoms with Gasteiger partial charge in [-0.3, -0.25) is 9.69 Å². The van der Waals surface area contributed by atoms with Gasteiger partial charge in [0.15, 0.2) is 0 Å². The van der Waals surface area contributed by atoms with Gasteiger partial charge in [0.2, 0.25) is 0 Å². The summed E-state index contributed by atoms with van der Waals surface area (Å²) in [6.45, 7) is 6.20. The van der Waals surface area contributed by atoms with E-state index in [2.05, 4.69) is 4.90 Å². The van der Waals surface area contributed by atoms with Gasteiger partial charge in [0.05, 0.1) is 12.2 Å². The fourth-order valence-corrected chi connectivity index (χ4v) is 3.56. The molecular weight excluding hydrogens is 371 g/mol. The van der Waals surface area contributed by atoms with Crippen LogP contribution in [0.15, 0.2) is 42.5 Å². The molecule has 0 spiro atoms. The van der Waals surface area contributed by atoms with Crippen LogP contribution < -0.4 is 4.74 Å². The second-order valence-electron chi connectivity index (χ2n) is 6.23. The highest BCUT2D eigenvalue weighted by Gasteiger charge is 2.24. The highest BCUT2D eigenvalue weighted by molar-refractivity contribution is 6.35. The van der Waals surface area contributed by atoms with E-state index in [1.165, 1.54) is 0 Å². The zero-order valence-corrected chi connectivity index (χ0v) is 16.3. The predicted octanol–water partition coefficient (Wildman–Crippen LogP) is 4.35. The molecule has 2 aromatic rings. The fourth-order valence-electron chi connectivity index (χ4n) is 3.09. The molecule has 1 aliphatic heterocycles. The number of carbonyl (C=O) groups is 1. The largest absolute Gasteiger partial charge is 0.493 e. The summed E-state index contributed by atoms with van der Waals surface area (Å²) in [5.74, 6) is 0.675. The summed E-state index contributed by atoms with van der Waals surface area (Å²) in [7, 11) is 0. The summed E-state index contributed by atoms with van der Waals surface area (Å²) in [6, 6.07) is 13.0. The minimum Gasteiger partial charge on any atom is -0.493 e. The maximum atomic E-state index is 12.8. The van der Waals surface area contributed by atoms with Gasteiger partial charge in [-0.25, -0.2) is 0 Å². The van der Waals surface area contributed by atoms with Crippen LogP contribution in [0.5, 0.6) is 5.75 Å². The molecule has 26 heavy (non-hydrogen) atoms. The number of hydrogen-bond donors (Lipinski definition) is 0. The van der Waals surface area contributed by atoms with Crippen LogP contribution in [-0.4, -0.2) is 48.5 Å². The first kappa shape index (κ1) is 19.0. The van der Waals surface area contributed by atoms with E-state index in [0.29, 0.717) is 41.1 Å². The lowest BCUT2D eigenvalue weighted by Gasteiger charge is -2.35. The van der Waals surface area contributed by atoms with Crippen molar-refractivity contribution in [3.8, 4) is 5.75 Å². The van der Waals surface area contributed by atoms with Crippen molar-refractivity contribution < 1.29 is 9.53 Å². The Morgan fingerprint density at radius 2 is 1.81 bits per heavy atom. The summed E-state index contributed by atoms with van der Waals surface area (Å²) in [5.41, 5.74) is 1.68. The lowest BCUT2D eigenvalue weighted by atomic mass is 10.1. The molecule has 0 bridgehead atoms. The Labute approximate surface area is 164 Å². The maximum absolute atomic E-state index is 12.8. The first-order valence-corrected chi connectivity index (χ1v) is 9.51. The van der Waals surface area contributed by atoms with Crippen LogP contribution in [0.2, 0.25) is 10.0 Å². The molecule has 0 aromatic heterocycles. The summed E-state index contributed by atoms with van der Waals surface area (Å²) in [5, 5.41) is 1.32. The molecule has 1 amide bonds. The van der Waals surface area contributed by atoms with Gasteiger partial charge in [-0.1, -0.05) is 41.4 Å². The van der Waals surface area contributed by atoms with Crippen LogP contribution >= 0.6 is 23.2 Å². The quantitative estimate of drug-likeness (QED) is 0.757. The Morgan fingerprint density at radius 1 is 1.08 bits per heavy atom. The summed E-state index contributed by atoms with van der Waals surface area (Å²) in [6.07, 6.45) is 0. The second kappa shape index (κ2) is 8.76. The summed E-state index contributed by atoms with van der Waals surface area (Å²) in [4.78, 5) is 17.0. The summed E-state index contributed by atoms with van der Waals surface area (Å²) < 4.78 is 5.59. The zero-order chi connectivity index (χ0) is 18.5. The Bertz CT molecular complexity index is 774. The number of nitrogens with zero attached hydrogens (tertiary/aromatic N) is 2. The van der Waals surface area contributed by atoms with Crippen molar-refractivity contribution in [3.63, 3.8) is 0 Å². The fraction of sp³-hybridized carbons (Fsp3) is 0.350. The zero-order valence-electron chi connectivity index (χ0n) is 14.8. The molecule has 0 aliphatic carbocycles. The predicted molar refractivity (Wildman–Crippen MR) is 105 cm³/mol. The van der Waals surface area contributed by atoms with Crippen LogP contribution in [-0.2, 0) is 6.54 Å². The Kier molecular flexibility index (Phi) is 6.41. The molecule has 6 heteroatoms. The van der Waals surface area contributed by atoms with Crippen molar-refractivity contribution in [2.24, 2.45) is 0 Å². The maximum Gasteiger partial charge on any atom is 0.257 e. The van der Waals surface area contributed by atoms with Gasteiger partial charge in [-0.2, -0.15) is 0 Å². The van der Waals surface area contributed by atoms with E-state index in [4.69, 9.17) is 27.9 Å². The lowest BCUT2D eigenvalue weighted by Crippen LogP contribution is -2.48. The van der Waals surface area contributed by atoms with Crippen LogP contribution in [0.4, 0.5) is 0 Å². The molecule has 1 fully saturated rings. The van der Waals surface area contributed by atoms with Crippen molar-refractivity contribution in [1.29, 1.82) is 0 Å². The van der Waals surface area contributed by atoms with Crippen molar-refractivity contribution in [3.05, 3.63) is 63.6 Å². The van der Waals surface area contributed by atoms with Gasteiger partial charge in [0, 0.05) is 42.8 Å². The minimum atomic E-state index is 0.0261. The number of hydrogen-bond acceptors (Lipinski definition) is 3. The second-order valence-corrected chi connectivity index (χ2v) is 7.08. The van der Waals surface area contributed by atoms with E-state index in [1.807, 2.05) is 48.2 Å². The molecule has 4 nitrogen and oxygen atoms in total. The van der Waals surface area contributed by atoms with E-state index in [9.17, 15) is 4.79 Å². The average molecular weight is 393 g/mol. The van der Waals surface area contributed by atoms with E-state index < -0.39 is 0 Å². The van der Waals surface area contributed by atoms with Crippen LogP contribution in [0, 0.1) is 0 Å². The third kappa shape index (κ3) is 4.50. The van der Waals surface area contributed by atoms with Crippen molar-refractivity contribution in [2.45, 2.75) is 13.5 Å². The molecule has 1 heterocycles. The Hall–Kier alpha value is -1.75. The molecule has 3 rings (SSSR count). The van der Waals surface area contributed by atoms with Gasteiger partial charge in [-0.05, 0) is 36.8 Å².